The normalized spacial score (nSPS) is 12.3. The van der Waals surface area contributed by atoms with Crippen LogP contribution in [-0.4, -0.2) is 31.9 Å². The molecule has 0 saturated carbocycles. The first-order valence-corrected chi connectivity index (χ1v) is 11.5. The van der Waals surface area contributed by atoms with Crippen molar-refractivity contribution >= 4 is 11.5 Å². The number of ether oxygens (including phenoxy) is 3. The number of esters is 1. The standard InChI is InChI=1S/C29H31FO4/c1-4-32-28(29(31)33-5-2)20-22-6-16-27(17-7-22)34-19-18-21(3)23-8-10-24(11-9-23)25-12-14-26(30)15-13-25/h6-18,28H,4-5,19-20H2,1-3H3/t28-/m0/s1. The van der Waals surface area contributed by atoms with Crippen LogP contribution in [0.3, 0.4) is 0 Å². The molecule has 0 aliphatic carbocycles. The van der Waals surface area contributed by atoms with E-state index in [4.69, 9.17) is 14.2 Å². The van der Waals surface area contributed by atoms with Crippen molar-refractivity contribution in [3.8, 4) is 16.9 Å². The van der Waals surface area contributed by atoms with Gasteiger partial charge in [-0.05, 0) is 78.9 Å². The number of carbonyl (C=O) groups excluding carboxylic acids is 1. The highest BCUT2D eigenvalue weighted by molar-refractivity contribution is 5.75. The fraction of sp³-hybridized carbons (Fsp3) is 0.276. The summed E-state index contributed by atoms with van der Waals surface area (Å²) >= 11 is 0. The third-order valence-corrected chi connectivity index (χ3v) is 5.42. The van der Waals surface area contributed by atoms with Crippen LogP contribution in [0.15, 0.2) is 78.9 Å². The first-order chi connectivity index (χ1) is 16.5. The Kier molecular flexibility index (Phi) is 9.41. The van der Waals surface area contributed by atoms with Gasteiger partial charge in [0.25, 0.3) is 0 Å². The lowest BCUT2D eigenvalue weighted by atomic mass is 10.0. The van der Waals surface area contributed by atoms with Gasteiger partial charge < -0.3 is 14.2 Å². The number of halogens is 1. The Morgan fingerprint density at radius 1 is 0.882 bits per heavy atom. The summed E-state index contributed by atoms with van der Waals surface area (Å²) in [7, 11) is 0. The Bertz CT molecular complexity index is 1070. The van der Waals surface area contributed by atoms with Gasteiger partial charge in [-0.1, -0.05) is 48.5 Å². The quantitative estimate of drug-likeness (QED) is 0.306. The van der Waals surface area contributed by atoms with E-state index in [0.29, 0.717) is 26.2 Å². The van der Waals surface area contributed by atoms with Crippen LogP contribution in [-0.2, 0) is 20.7 Å². The molecule has 0 aromatic heterocycles. The predicted molar refractivity (Wildman–Crippen MR) is 133 cm³/mol. The molecule has 0 unspecified atom stereocenters. The van der Waals surface area contributed by atoms with Crippen molar-refractivity contribution in [1.29, 1.82) is 0 Å². The van der Waals surface area contributed by atoms with Gasteiger partial charge in [-0.15, -0.1) is 0 Å². The average molecular weight is 463 g/mol. The Morgan fingerprint density at radius 3 is 2.09 bits per heavy atom. The van der Waals surface area contributed by atoms with E-state index in [1.54, 1.807) is 19.1 Å². The van der Waals surface area contributed by atoms with Gasteiger partial charge in [-0.3, -0.25) is 0 Å². The summed E-state index contributed by atoms with van der Waals surface area (Å²) in [4.78, 5) is 12.0. The fourth-order valence-electron chi connectivity index (χ4n) is 3.53. The van der Waals surface area contributed by atoms with E-state index >= 15 is 0 Å². The molecule has 0 aliphatic rings. The zero-order chi connectivity index (χ0) is 24.3. The highest BCUT2D eigenvalue weighted by Gasteiger charge is 2.20. The highest BCUT2D eigenvalue weighted by Crippen LogP contribution is 2.23. The number of rotatable bonds is 11. The van der Waals surface area contributed by atoms with Crippen LogP contribution >= 0.6 is 0 Å². The Hall–Kier alpha value is -3.44. The zero-order valence-electron chi connectivity index (χ0n) is 19.9. The van der Waals surface area contributed by atoms with Crippen LogP contribution < -0.4 is 4.74 Å². The van der Waals surface area contributed by atoms with Gasteiger partial charge in [-0.2, -0.15) is 0 Å². The molecule has 0 amide bonds. The van der Waals surface area contributed by atoms with Gasteiger partial charge >= 0.3 is 5.97 Å². The lowest BCUT2D eigenvalue weighted by Crippen LogP contribution is -2.28. The maximum Gasteiger partial charge on any atom is 0.335 e. The molecule has 0 aliphatic heterocycles. The number of hydrogen-bond acceptors (Lipinski definition) is 4. The van der Waals surface area contributed by atoms with Crippen molar-refractivity contribution in [3.63, 3.8) is 0 Å². The second-order valence-corrected chi connectivity index (χ2v) is 7.83. The second-order valence-electron chi connectivity index (χ2n) is 7.83. The summed E-state index contributed by atoms with van der Waals surface area (Å²) in [6, 6.07) is 22.3. The third-order valence-electron chi connectivity index (χ3n) is 5.42. The summed E-state index contributed by atoms with van der Waals surface area (Å²) in [6.45, 7) is 6.91. The highest BCUT2D eigenvalue weighted by atomic mass is 19.1. The Balaban J connectivity index is 1.54. The van der Waals surface area contributed by atoms with E-state index in [1.165, 1.54) is 12.1 Å². The van der Waals surface area contributed by atoms with Gasteiger partial charge in [-0.25, -0.2) is 9.18 Å². The molecule has 4 nitrogen and oxygen atoms in total. The van der Waals surface area contributed by atoms with E-state index in [1.807, 2.05) is 56.3 Å². The molecule has 1 atom stereocenters. The van der Waals surface area contributed by atoms with Gasteiger partial charge in [0.15, 0.2) is 6.10 Å². The van der Waals surface area contributed by atoms with Crippen molar-refractivity contribution in [1.82, 2.24) is 0 Å². The van der Waals surface area contributed by atoms with Crippen molar-refractivity contribution in [3.05, 3.63) is 95.8 Å². The topological polar surface area (TPSA) is 44.8 Å². The van der Waals surface area contributed by atoms with E-state index in [-0.39, 0.29) is 11.8 Å². The van der Waals surface area contributed by atoms with Gasteiger partial charge in [0, 0.05) is 13.0 Å². The summed E-state index contributed by atoms with van der Waals surface area (Å²) in [5.41, 5.74) is 5.22. The van der Waals surface area contributed by atoms with Crippen molar-refractivity contribution in [2.75, 3.05) is 19.8 Å². The molecule has 178 valence electrons. The SMILES string of the molecule is CCOC(=O)[C@H](Cc1ccc(OCC=C(C)c2ccc(-c3ccc(F)cc3)cc2)cc1)OCC. The summed E-state index contributed by atoms with van der Waals surface area (Å²) in [5, 5.41) is 0. The lowest BCUT2D eigenvalue weighted by Gasteiger charge is -2.15. The lowest BCUT2D eigenvalue weighted by molar-refractivity contribution is -0.156. The molecule has 3 aromatic rings. The molecule has 0 fully saturated rings. The van der Waals surface area contributed by atoms with Crippen LogP contribution in [0.25, 0.3) is 16.7 Å². The number of allylic oxidation sites excluding steroid dienone is 1. The second kappa shape index (κ2) is 12.7. The minimum Gasteiger partial charge on any atom is -0.490 e. The number of benzene rings is 3. The molecular formula is C29H31FO4. The smallest absolute Gasteiger partial charge is 0.335 e. The van der Waals surface area contributed by atoms with Gasteiger partial charge in [0.05, 0.1) is 6.61 Å². The van der Waals surface area contributed by atoms with Gasteiger partial charge in [0.2, 0.25) is 0 Å². The van der Waals surface area contributed by atoms with E-state index in [9.17, 15) is 9.18 Å². The minimum absolute atomic E-state index is 0.236. The fourth-order valence-corrected chi connectivity index (χ4v) is 3.53. The average Bonchev–Trinajstić information content (AvgIpc) is 2.85. The maximum absolute atomic E-state index is 13.1. The molecule has 34 heavy (non-hydrogen) atoms. The summed E-state index contributed by atoms with van der Waals surface area (Å²) < 4.78 is 29.6. The molecule has 3 aromatic carbocycles. The maximum atomic E-state index is 13.1. The molecule has 0 radical (unpaired) electrons. The van der Waals surface area contributed by atoms with Crippen molar-refractivity contribution in [2.45, 2.75) is 33.3 Å². The molecule has 3 rings (SSSR count). The van der Waals surface area contributed by atoms with Crippen molar-refractivity contribution < 1.29 is 23.4 Å². The summed E-state index contributed by atoms with van der Waals surface area (Å²) in [6.07, 6.45) is 1.89. The zero-order valence-corrected chi connectivity index (χ0v) is 19.9. The van der Waals surface area contributed by atoms with Crippen LogP contribution in [0.1, 0.15) is 31.9 Å². The number of carbonyl (C=O) groups is 1. The molecule has 0 N–H and O–H groups in total. The van der Waals surface area contributed by atoms with Crippen LogP contribution in [0.5, 0.6) is 5.75 Å². The minimum atomic E-state index is -0.600. The molecule has 0 bridgehead atoms. The largest absolute Gasteiger partial charge is 0.490 e. The van der Waals surface area contributed by atoms with Crippen LogP contribution in [0.4, 0.5) is 4.39 Å². The molecule has 0 spiro atoms. The van der Waals surface area contributed by atoms with E-state index < -0.39 is 6.10 Å². The van der Waals surface area contributed by atoms with E-state index in [2.05, 4.69) is 12.1 Å². The summed E-state index contributed by atoms with van der Waals surface area (Å²) in [5.74, 6) is 0.180. The van der Waals surface area contributed by atoms with Crippen molar-refractivity contribution in [2.24, 2.45) is 0 Å². The van der Waals surface area contributed by atoms with Crippen LogP contribution in [0.2, 0.25) is 0 Å². The molecule has 0 saturated heterocycles. The third kappa shape index (κ3) is 7.29. The van der Waals surface area contributed by atoms with Gasteiger partial charge in [0.1, 0.15) is 18.2 Å². The molecule has 0 heterocycles. The first kappa shape index (κ1) is 25.2. The Morgan fingerprint density at radius 2 is 1.50 bits per heavy atom. The molecular weight excluding hydrogens is 431 g/mol. The van der Waals surface area contributed by atoms with Crippen LogP contribution in [0, 0.1) is 5.82 Å². The predicted octanol–water partition coefficient (Wildman–Crippen LogP) is 6.49. The first-order valence-electron chi connectivity index (χ1n) is 11.5. The van der Waals surface area contributed by atoms with E-state index in [0.717, 1.165) is 33.6 Å². The number of hydrogen-bond donors (Lipinski definition) is 0. The Labute approximate surface area is 201 Å². The monoisotopic (exact) mass is 462 g/mol. The molecule has 5 heteroatoms.